The van der Waals surface area contributed by atoms with Crippen molar-refractivity contribution in [2.45, 2.75) is 20.0 Å². The quantitative estimate of drug-likeness (QED) is 0.844. The lowest BCUT2D eigenvalue weighted by molar-refractivity contribution is 0.699. The molecular weight excluding hydrogens is 240 g/mol. The van der Waals surface area contributed by atoms with E-state index in [1.165, 1.54) is 9.75 Å². The van der Waals surface area contributed by atoms with Crippen LogP contribution < -0.4 is 5.32 Å². The lowest BCUT2D eigenvalue weighted by Gasteiger charge is -2.02. The lowest BCUT2D eigenvalue weighted by atomic mass is 10.3. The molecule has 2 heterocycles. The number of rotatable bonds is 4. The molecule has 0 bridgehead atoms. The molecule has 0 aromatic carbocycles. The minimum atomic E-state index is 0.539. The van der Waals surface area contributed by atoms with Crippen molar-refractivity contribution >= 4 is 22.9 Å². The molecule has 0 aliphatic heterocycles. The van der Waals surface area contributed by atoms with Gasteiger partial charge in [-0.2, -0.15) is 0 Å². The van der Waals surface area contributed by atoms with Crippen LogP contribution in [0.2, 0.25) is 5.15 Å². The molecule has 0 saturated carbocycles. The number of nitrogens with one attached hydrogen (secondary N) is 1. The number of thiophene rings is 1. The van der Waals surface area contributed by atoms with Gasteiger partial charge in [-0.25, -0.2) is 4.98 Å². The number of pyridine rings is 1. The zero-order valence-electron chi connectivity index (χ0n) is 9.03. The average Bonchev–Trinajstić information content (AvgIpc) is 2.67. The predicted molar refractivity (Wildman–Crippen MR) is 68.8 cm³/mol. The number of nitrogens with zero attached hydrogens (tertiary/aromatic N) is 1. The number of aryl methyl sites for hydroxylation is 1. The number of hydrogen-bond acceptors (Lipinski definition) is 3. The second-order valence-electron chi connectivity index (χ2n) is 3.61. The maximum atomic E-state index is 5.71. The minimum absolute atomic E-state index is 0.539. The molecule has 0 radical (unpaired) electrons. The standard InChI is InChI=1S/C12H13ClN2S/c1-9-2-4-11(16-9)8-14-6-10-3-5-12(13)15-7-10/h2-5,7,14H,6,8H2,1H3. The van der Waals surface area contributed by atoms with Crippen molar-refractivity contribution < 1.29 is 0 Å². The molecule has 0 spiro atoms. The van der Waals surface area contributed by atoms with E-state index in [1.807, 2.05) is 23.5 Å². The van der Waals surface area contributed by atoms with E-state index in [2.05, 4.69) is 29.4 Å². The van der Waals surface area contributed by atoms with Gasteiger partial charge in [0, 0.05) is 29.0 Å². The smallest absolute Gasteiger partial charge is 0.129 e. The zero-order chi connectivity index (χ0) is 11.4. The van der Waals surface area contributed by atoms with Crippen LogP contribution >= 0.6 is 22.9 Å². The van der Waals surface area contributed by atoms with Crippen molar-refractivity contribution in [2.24, 2.45) is 0 Å². The molecule has 2 nitrogen and oxygen atoms in total. The van der Waals surface area contributed by atoms with Gasteiger partial charge >= 0.3 is 0 Å². The maximum Gasteiger partial charge on any atom is 0.129 e. The van der Waals surface area contributed by atoms with Gasteiger partial charge in [0.1, 0.15) is 5.15 Å². The maximum absolute atomic E-state index is 5.71. The summed E-state index contributed by atoms with van der Waals surface area (Å²) in [7, 11) is 0. The van der Waals surface area contributed by atoms with Gasteiger partial charge < -0.3 is 5.32 Å². The molecule has 2 rings (SSSR count). The highest BCUT2D eigenvalue weighted by molar-refractivity contribution is 7.11. The number of aromatic nitrogens is 1. The Balaban J connectivity index is 1.82. The molecule has 0 fully saturated rings. The molecule has 0 aliphatic rings. The summed E-state index contributed by atoms with van der Waals surface area (Å²) >= 11 is 7.54. The van der Waals surface area contributed by atoms with Crippen LogP contribution in [0.3, 0.4) is 0 Å². The van der Waals surface area contributed by atoms with Crippen LogP contribution in [0.5, 0.6) is 0 Å². The molecule has 0 atom stereocenters. The summed E-state index contributed by atoms with van der Waals surface area (Å²) in [6, 6.07) is 8.11. The number of hydrogen-bond donors (Lipinski definition) is 1. The minimum Gasteiger partial charge on any atom is -0.308 e. The molecule has 0 unspecified atom stereocenters. The van der Waals surface area contributed by atoms with Crippen LogP contribution in [-0.2, 0) is 13.1 Å². The van der Waals surface area contributed by atoms with Crippen LogP contribution in [0.25, 0.3) is 0 Å². The van der Waals surface area contributed by atoms with E-state index in [4.69, 9.17) is 11.6 Å². The molecule has 4 heteroatoms. The SMILES string of the molecule is Cc1ccc(CNCc2ccc(Cl)nc2)s1. The molecule has 0 saturated heterocycles. The monoisotopic (exact) mass is 252 g/mol. The van der Waals surface area contributed by atoms with Gasteiger partial charge in [-0.3, -0.25) is 0 Å². The fraction of sp³-hybridized carbons (Fsp3) is 0.250. The van der Waals surface area contributed by atoms with E-state index in [0.29, 0.717) is 5.15 Å². The third-order valence-electron chi connectivity index (χ3n) is 2.21. The first-order chi connectivity index (χ1) is 7.74. The largest absolute Gasteiger partial charge is 0.308 e. The third kappa shape index (κ3) is 3.30. The molecule has 0 amide bonds. The fourth-order valence-corrected chi connectivity index (χ4v) is 2.39. The van der Waals surface area contributed by atoms with Crippen molar-refractivity contribution in [2.75, 3.05) is 0 Å². The van der Waals surface area contributed by atoms with Gasteiger partial charge in [0.05, 0.1) is 0 Å². The van der Waals surface area contributed by atoms with Gasteiger partial charge in [0.25, 0.3) is 0 Å². The predicted octanol–water partition coefficient (Wildman–Crippen LogP) is 3.39. The van der Waals surface area contributed by atoms with Crippen molar-refractivity contribution in [3.8, 4) is 0 Å². The van der Waals surface area contributed by atoms with Crippen molar-refractivity contribution in [3.63, 3.8) is 0 Å². The summed E-state index contributed by atoms with van der Waals surface area (Å²) in [6.45, 7) is 3.85. The van der Waals surface area contributed by atoms with E-state index < -0.39 is 0 Å². The second-order valence-corrected chi connectivity index (χ2v) is 5.36. The van der Waals surface area contributed by atoms with E-state index in [0.717, 1.165) is 18.7 Å². The third-order valence-corrected chi connectivity index (χ3v) is 3.44. The molecule has 2 aromatic rings. The molecule has 2 aromatic heterocycles. The fourth-order valence-electron chi connectivity index (χ4n) is 1.42. The van der Waals surface area contributed by atoms with Crippen LogP contribution in [0.15, 0.2) is 30.5 Å². The summed E-state index contributed by atoms with van der Waals surface area (Å²) in [5.74, 6) is 0. The first-order valence-corrected chi connectivity index (χ1v) is 6.30. The van der Waals surface area contributed by atoms with E-state index in [9.17, 15) is 0 Å². The van der Waals surface area contributed by atoms with Crippen LogP contribution in [-0.4, -0.2) is 4.98 Å². The van der Waals surface area contributed by atoms with Gasteiger partial charge in [0.2, 0.25) is 0 Å². The van der Waals surface area contributed by atoms with E-state index in [-0.39, 0.29) is 0 Å². The summed E-state index contributed by atoms with van der Waals surface area (Å²) in [5, 5.41) is 3.92. The molecule has 16 heavy (non-hydrogen) atoms. The van der Waals surface area contributed by atoms with Crippen molar-refractivity contribution in [3.05, 3.63) is 50.9 Å². The summed E-state index contributed by atoms with van der Waals surface area (Å²) in [4.78, 5) is 6.75. The van der Waals surface area contributed by atoms with E-state index in [1.54, 1.807) is 6.20 Å². The Morgan fingerprint density at radius 2 is 2.12 bits per heavy atom. The normalized spacial score (nSPS) is 10.6. The van der Waals surface area contributed by atoms with Gasteiger partial charge in [-0.15, -0.1) is 11.3 Å². The highest BCUT2D eigenvalue weighted by atomic mass is 35.5. The zero-order valence-corrected chi connectivity index (χ0v) is 10.6. The Hall–Kier alpha value is -0.900. The Morgan fingerprint density at radius 3 is 2.75 bits per heavy atom. The highest BCUT2D eigenvalue weighted by Gasteiger charge is 1.97. The van der Waals surface area contributed by atoms with Gasteiger partial charge in [-0.05, 0) is 30.7 Å². The summed E-state index contributed by atoms with van der Waals surface area (Å²) in [6.07, 6.45) is 1.80. The second kappa shape index (κ2) is 5.43. The van der Waals surface area contributed by atoms with Crippen molar-refractivity contribution in [1.29, 1.82) is 0 Å². The number of halogens is 1. The molecular formula is C12H13ClN2S. The van der Waals surface area contributed by atoms with Crippen LogP contribution in [0, 0.1) is 6.92 Å². The lowest BCUT2D eigenvalue weighted by Crippen LogP contribution is -2.11. The van der Waals surface area contributed by atoms with Crippen LogP contribution in [0.1, 0.15) is 15.3 Å². The topological polar surface area (TPSA) is 24.9 Å². The molecule has 1 N–H and O–H groups in total. The first kappa shape index (κ1) is 11.6. The Morgan fingerprint density at radius 1 is 1.25 bits per heavy atom. The Kier molecular flexibility index (Phi) is 3.93. The molecule has 84 valence electrons. The molecule has 0 aliphatic carbocycles. The first-order valence-electron chi connectivity index (χ1n) is 5.10. The van der Waals surface area contributed by atoms with E-state index >= 15 is 0 Å². The van der Waals surface area contributed by atoms with Gasteiger partial charge in [-0.1, -0.05) is 17.7 Å². The highest BCUT2D eigenvalue weighted by Crippen LogP contribution is 2.14. The van der Waals surface area contributed by atoms with Crippen molar-refractivity contribution in [1.82, 2.24) is 10.3 Å². The summed E-state index contributed by atoms with van der Waals surface area (Å²) < 4.78 is 0. The summed E-state index contributed by atoms with van der Waals surface area (Å²) in [5.41, 5.74) is 1.15. The average molecular weight is 253 g/mol. The Bertz CT molecular complexity index is 450. The van der Waals surface area contributed by atoms with Gasteiger partial charge in [0.15, 0.2) is 0 Å². The Labute approximate surface area is 104 Å². The van der Waals surface area contributed by atoms with Crippen LogP contribution in [0.4, 0.5) is 0 Å².